The first-order valence-corrected chi connectivity index (χ1v) is 8.45. The van der Waals surface area contributed by atoms with E-state index in [1.807, 2.05) is 36.4 Å². The summed E-state index contributed by atoms with van der Waals surface area (Å²) >= 11 is 2.70. The summed E-state index contributed by atoms with van der Waals surface area (Å²) in [7, 11) is 0. The van der Waals surface area contributed by atoms with Gasteiger partial charge < -0.3 is 15.2 Å². The molecule has 0 aliphatic heterocycles. The number of benzene rings is 1. The highest BCUT2D eigenvalue weighted by atomic mass is 32.1. The van der Waals surface area contributed by atoms with Gasteiger partial charge in [0, 0.05) is 14.3 Å². The van der Waals surface area contributed by atoms with Gasteiger partial charge in [-0.2, -0.15) is 0 Å². The number of carboxylic acid groups (broad SMARTS) is 1. The Morgan fingerprint density at radius 3 is 2.52 bits per heavy atom. The molecule has 0 radical (unpaired) electrons. The number of nitrogens with one attached hydrogen (secondary N) is 1. The lowest BCUT2D eigenvalue weighted by Crippen LogP contribution is -2.23. The Hall–Kier alpha value is -2.38. The standard InChI is InChI=1S/C16H13NO4S2/c18-15(19)14-7-13-12(23-14)6-11(22-13)8-17-16(20)21-9-10-4-2-1-3-5-10/h1-7H,8-9H2,(H,17,20)(H,18,19). The van der Waals surface area contributed by atoms with Crippen LogP contribution in [-0.4, -0.2) is 17.2 Å². The Morgan fingerprint density at radius 2 is 1.83 bits per heavy atom. The maximum atomic E-state index is 11.7. The van der Waals surface area contributed by atoms with Crippen LogP contribution in [0.5, 0.6) is 0 Å². The number of carboxylic acids is 1. The molecular weight excluding hydrogens is 334 g/mol. The minimum atomic E-state index is -0.914. The van der Waals surface area contributed by atoms with Crippen LogP contribution in [-0.2, 0) is 17.9 Å². The predicted octanol–water partition coefficient (Wildman–Crippen LogP) is 4.09. The van der Waals surface area contributed by atoms with E-state index in [-0.39, 0.29) is 6.61 Å². The van der Waals surface area contributed by atoms with Crippen molar-refractivity contribution in [3.05, 3.63) is 57.8 Å². The molecule has 0 aliphatic carbocycles. The molecule has 0 saturated carbocycles. The van der Waals surface area contributed by atoms with Crippen molar-refractivity contribution < 1.29 is 19.4 Å². The van der Waals surface area contributed by atoms with E-state index in [0.29, 0.717) is 11.4 Å². The highest BCUT2D eigenvalue weighted by molar-refractivity contribution is 7.28. The number of thiophene rings is 2. The fourth-order valence-electron chi connectivity index (χ4n) is 2.01. The normalized spacial score (nSPS) is 10.6. The second-order valence-electron chi connectivity index (χ2n) is 4.77. The zero-order valence-electron chi connectivity index (χ0n) is 11.9. The largest absolute Gasteiger partial charge is 0.477 e. The quantitative estimate of drug-likeness (QED) is 0.729. The monoisotopic (exact) mass is 347 g/mol. The van der Waals surface area contributed by atoms with Crippen LogP contribution in [0.15, 0.2) is 42.5 Å². The molecular formula is C16H13NO4S2. The molecule has 0 aliphatic rings. The number of fused-ring (bicyclic) bond motifs is 1. The van der Waals surface area contributed by atoms with E-state index in [1.54, 1.807) is 6.07 Å². The summed E-state index contributed by atoms with van der Waals surface area (Å²) in [5.74, 6) is -0.914. The molecule has 0 spiro atoms. The maximum Gasteiger partial charge on any atom is 0.407 e. The van der Waals surface area contributed by atoms with E-state index >= 15 is 0 Å². The fourth-order valence-corrected chi connectivity index (χ4v) is 4.21. The average Bonchev–Trinajstić information content (AvgIpc) is 3.10. The van der Waals surface area contributed by atoms with E-state index in [0.717, 1.165) is 19.8 Å². The van der Waals surface area contributed by atoms with Gasteiger partial charge in [0.1, 0.15) is 11.5 Å². The van der Waals surface area contributed by atoms with Gasteiger partial charge in [-0.1, -0.05) is 30.3 Å². The van der Waals surface area contributed by atoms with Gasteiger partial charge in [0.15, 0.2) is 0 Å². The average molecular weight is 347 g/mol. The summed E-state index contributed by atoms with van der Waals surface area (Å²) in [4.78, 5) is 23.9. The van der Waals surface area contributed by atoms with Crippen LogP contribution < -0.4 is 5.32 Å². The third-order valence-corrected chi connectivity index (χ3v) is 5.37. The van der Waals surface area contributed by atoms with Crippen LogP contribution in [0.2, 0.25) is 0 Å². The molecule has 2 aromatic heterocycles. The lowest BCUT2D eigenvalue weighted by molar-refractivity contribution is 0.0702. The maximum absolute atomic E-state index is 11.7. The highest BCUT2D eigenvalue weighted by Crippen LogP contribution is 2.33. The van der Waals surface area contributed by atoms with Crippen molar-refractivity contribution in [1.82, 2.24) is 5.32 Å². The van der Waals surface area contributed by atoms with Gasteiger partial charge in [0.05, 0.1) is 6.54 Å². The van der Waals surface area contributed by atoms with E-state index < -0.39 is 12.1 Å². The molecule has 118 valence electrons. The molecule has 2 heterocycles. The van der Waals surface area contributed by atoms with Gasteiger partial charge in [0.25, 0.3) is 0 Å². The number of alkyl carbamates (subject to hydrolysis) is 1. The van der Waals surface area contributed by atoms with Crippen molar-refractivity contribution in [2.24, 2.45) is 0 Å². The van der Waals surface area contributed by atoms with Gasteiger partial charge in [0.2, 0.25) is 0 Å². The van der Waals surface area contributed by atoms with Crippen molar-refractivity contribution in [2.45, 2.75) is 13.2 Å². The first-order chi connectivity index (χ1) is 11.1. The number of hydrogen-bond acceptors (Lipinski definition) is 5. The van der Waals surface area contributed by atoms with Gasteiger partial charge >= 0.3 is 12.1 Å². The first-order valence-electron chi connectivity index (χ1n) is 6.82. The lowest BCUT2D eigenvalue weighted by Gasteiger charge is -2.05. The number of amides is 1. The summed E-state index contributed by atoms with van der Waals surface area (Å²) in [6.45, 7) is 0.594. The van der Waals surface area contributed by atoms with Gasteiger partial charge in [-0.3, -0.25) is 0 Å². The van der Waals surface area contributed by atoms with Gasteiger partial charge in [-0.05, 0) is 17.7 Å². The van der Waals surface area contributed by atoms with Crippen LogP contribution in [0.4, 0.5) is 4.79 Å². The summed E-state index contributed by atoms with van der Waals surface area (Å²) in [5, 5.41) is 11.6. The van der Waals surface area contributed by atoms with E-state index in [2.05, 4.69) is 5.32 Å². The molecule has 0 saturated heterocycles. The minimum Gasteiger partial charge on any atom is -0.477 e. The molecule has 3 rings (SSSR count). The Balaban J connectivity index is 1.52. The Bertz CT molecular complexity index is 807. The predicted molar refractivity (Wildman–Crippen MR) is 90.1 cm³/mol. The minimum absolute atomic E-state index is 0.230. The smallest absolute Gasteiger partial charge is 0.407 e. The third-order valence-electron chi connectivity index (χ3n) is 3.09. The summed E-state index contributed by atoms with van der Waals surface area (Å²) in [5.41, 5.74) is 0.931. The molecule has 2 N–H and O–H groups in total. The molecule has 0 unspecified atom stereocenters. The number of carbonyl (C=O) groups is 2. The molecule has 0 atom stereocenters. The third kappa shape index (κ3) is 3.88. The fraction of sp³-hybridized carbons (Fsp3) is 0.125. The van der Waals surface area contributed by atoms with E-state index in [9.17, 15) is 9.59 Å². The zero-order chi connectivity index (χ0) is 16.2. The second-order valence-corrected chi connectivity index (χ2v) is 7.02. The number of aromatic carboxylic acids is 1. The highest BCUT2D eigenvalue weighted by Gasteiger charge is 2.12. The van der Waals surface area contributed by atoms with Crippen molar-refractivity contribution >= 4 is 44.1 Å². The molecule has 23 heavy (non-hydrogen) atoms. The van der Waals surface area contributed by atoms with Crippen molar-refractivity contribution in [1.29, 1.82) is 0 Å². The SMILES string of the molecule is O=C(NCc1cc2sc(C(=O)O)cc2s1)OCc1ccccc1. The molecule has 5 nitrogen and oxygen atoms in total. The van der Waals surface area contributed by atoms with Crippen LogP contribution >= 0.6 is 22.7 Å². The Labute approximate surface area is 140 Å². The van der Waals surface area contributed by atoms with E-state index in [1.165, 1.54) is 22.7 Å². The van der Waals surface area contributed by atoms with Crippen LogP contribution in [0, 0.1) is 0 Å². The molecule has 0 bridgehead atoms. The van der Waals surface area contributed by atoms with Crippen LogP contribution in [0.25, 0.3) is 9.40 Å². The number of carbonyl (C=O) groups excluding carboxylic acids is 1. The molecule has 1 aromatic carbocycles. The Kier molecular flexibility index (Phi) is 4.59. The zero-order valence-corrected chi connectivity index (χ0v) is 13.6. The van der Waals surface area contributed by atoms with Crippen molar-refractivity contribution in [3.8, 4) is 0 Å². The second kappa shape index (κ2) is 6.80. The van der Waals surface area contributed by atoms with E-state index in [4.69, 9.17) is 9.84 Å². The number of ether oxygens (including phenoxy) is 1. The summed E-state index contributed by atoms with van der Waals surface area (Å²) in [6.07, 6.45) is -0.475. The van der Waals surface area contributed by atoms with Gasteiger partial charge in [-0.25, -0.2) is 9.59 Å². The molecule has 3 aromatic rings. The van der Waals surface area contributed by atoms with Crippen molar-refractivity contribution in [2.75, 3.05) is 0 Å². The Morgan fingerprint density at radius 1 is 1.09 bits per heavy atom. The molecule has 7 heteroatoms. The van der Waals surface area contributed by atoms with Crippen molar-refractivity contribution in [3.63, 3.8) is 0 Å². The summed E-state index contributed by atoms with van der Waals surface area (Å²) < 4.78 is 6.97. The van der Waals surface area contributed by atoms with Crippen LogP contribution in [0.1, 0.15) is 20.1 Å². The topological polar surface area (TPSA) is 75.6 Å². The molecule has 1 amide bonds. The van der Waals surface area contributed by atoms with Crippen LogP contribution in [0.3, 0.4) is 0 Å². The van der Waals surface area contributed by atoms with Gasteiger partial charge in [-0.15, -0.1) is 22.7 Å². The molecule has 0 fully saturated rings. The lowest BCUT2D eigenvalue weighted by atomic mass is 10.2. The number of rotatable bonds is 5. The first kappa shape index (κ1) is 15.5. The summed E-state index contributed by atoms with van der Waals surface area (Å²) in [6, 6.07) is 13.0. The number of hydrogen-bond donors (Lipinski definition) is 2.